The Balaban J connectivity index is 1.72. The molecule has 0 aliphatic heterocycles. The molecule has 0 atom stereocenters. The van der Waals surface area contributed by atoms with E-state index in [-0.39, 0.29) is 5.97 Å². The maximum absolute atomic E-state index is 11.7. The monoisotopic (exact) mass is 382 g/mol. The summed E-state index contributed by atoms with van der Waals surface area (Å²) in [6.45, 7) is 4.11. The van der Waals surface area contributed by atoms with Gasteiger partial charge in [0.25, 0.3) is 0 Å². The lowest BCUT2D eigenvalue weighted by atomic mass is 10.2. The van der Waals surface area contributed by atoms with Crippen molar-refractivity contribution in [2.75, 3.05) is 17.2 Å². The average Bonchev–Trinajstić information content (AvgIpc) is 2.66. The third-order valence-electron chi connectivity index (χ3n) is 3.77. The number of halogens is 1. The van der Waals surface area contributed by atoms with E-state index in [1.54, 1.807) is 43.5 Å². The molecule has 1 heterocycles. The summed E-state index contributed by atoms with van der Waals surface area (Å²) < 4.78 is 4.97. The number of aromatic nitrogens is 2. The minimum atomic E-state index is -0.344. The normalized spacial score (nSPS) is 10.3. The van der Waals surface area contributed by atoms with E-state index < -0.39 is 0 Å². The second-order valence-electron chi connectivity index (χ2n) is 5.77. The molecule has 3 rings (SSSR count). The molecule has 27 heavy (non-hydrogen) atoms. The smallest absolute Gasteiger partial charge is 0.338 e. The molecule has 2 N–H and O–H groups in total. The van der Waals surface area contributed by atoms with Crippen molar-refractivity contribution in [2.45, 2.75) is 13.8 Å². The first-order chi connectivity index (χ1) is 13.0. The van der Waals surface area contributed by atoms with Gasteiger partial charge in [0, 0.05) is 22.6 Å². The molecule has 6 nitrogen and oxygen atoms in total. The molecule has 7 heteroatoms. The summed E-state index contributed by atoms with van der Waals surface area (Å²) in [6.07, 6.45) is 1.66. The molecule has 1 aromatic heterocycles. The molecule has 3 aromatic rings. The third-order valence-corrected chi connectivity index (χ3v) is 4.01. The highest BCUT2D eigenvalue weighted by atomic mass is 35.5. The molecular weight excluding hydrogens is 364 g/mol. The Kier molecular flexibility index (Phi) is 5.88. The van der Waals surface area contributed by atoms with Gasteiger partial charge in [0.1, 0.15) is 5.82 Å². The van der Waals surface area contributed by atoms with Gasteiger partial charge in [-0.25, -0.2) is 9.78 Å². The standard InChI is InChI=1S/C20H19ClN4O2/c1-3-27-19(26)14-5-8-16(9-6-14)23-20-22-11-10-18(25-20)24-17-12-15(21)7-4-13(17)2/h4-12H,3H2,1-2H3,(H2,22,23,24,25). The summed E-state index contributed by atoms with van der Waals surface area (Å²) in [5.74, 6) is 0.730. The molecule has 0 unspecified atom stereocenters. The van der Waals surface area contributed by atoms with E-state index in [9.17, 15) is 4.79 Å². The van der Waals surface area contributed by atoms with Gasteiger partial charge in [-0.1, -0.05) is 17.7 Å². The van der Waals surface area contributed by atoms with Crippen molar-refractivity contribution in [3.05, 3.63) is 70.9 Å². The van der Waals surface area contributed by atoms with Crippen molar-refractivity contribution in [1.82, 2.24) is 9.97 Å². The van der Waals surface area contributed by atoms with Gasteiger partial charge in [-0.05, 0) is 61.9 Å². The average molecular weight is 383 g/mol. The van der Waals surface area contributed by atoms with Gasteiger partial charge in [0.05, 0.1) is 12.2 Å². The van der Waals surface area contributed by atoms with Crippen LogP contribution in [0.3, 0.4) is 0 Å². The van der Waals surface area contributed by atoms with Gasteiger partial charge in [0.15, 0.2) is 0 Å². The summed E-state index contributed by atoms with van der Waals surface area (Å²) in [5, 5.41) is 7.00. The number of ether oxygens (including phenoxy) is 1. The largest absolute Gasteiger partial charge is 0.462 e. The van der Waals surface area contributed by atoms with E-state index in [1.807, 2.05) is 25.1 Å². The number of anilines is 4. The van der Waals surface area contributed by atoms with Crippen LogP contribution in [0.4, 0.5) is 23.1 Å². The summed E-state index contributed by atoms with van der Waals surface area (Å²) >= 11 is 6.06. The Labute approximate surface area is 162 Å². The Hall–Kier alpha value is -3.12. The second-order valence-corrected chi connectivity index (χ2v) is 6.21. The minimum Gasteiger partial charge on any atom is -0.462 e. The fraction of sp³-hybridized carbons (Fsp3) is 0.150. The first-order valence-electron chi connectivity index (χ1n) is 8.45. The van der Waals surface area contributed by atoms with E-state index in [2.05, 4.69) is 20.6 Å². The molecular formula is C20H19ClN4O2. The summed E-state index contributed by atoms with van der Waals surface area (Å²) in [5.41, 5.74) is 3.20. The minimum absolute atomic E-state index is 0.344. The van der Waals surface area contributed by atoms with Crippen LogP contribution in [0.15, 0.2) is 54.7 Å². The number of hydrogen-bond acceptors (Lipinski definition) is 6. The Morgan fingerprint density at radius 2 is 1.89 bits per heavy atom. The maximum Gasteiger partial charge on any atom is 0.338 e. The van der Waals surface area contributed by atoms with Crippen LogP contribution in [0.5, 0.6) is 0 Å². The highest BCUT2D eigenvalue weighted by Gasteiger charge is 2.07. The molecule has 0 fully saturated rings. The van der Waals surface area contributed by atoms with Crippen molar-refractivity contribution >= 4 is 40.7 Å². The van der Waals surface area contributed by atoms with Gasteiger partial charge in [-0.2, -0.15) is 4.98 Å². The molecule has 138 valence electrons. The van der Waals surface area contributed by atoms with Crippen molar-refractivity contribution in [1.29, 1.82) is 0 Å². The van der Waals surface area contributed by atoms with Gasteiger partial charge in [-0.3, -0.25) is 0 Å². The topological polar surface area (TPSA) is 76.1 Å². The van der Waals surface area contributed by atoms with Crippen LogP contribution in [-0.2, 0) is 4.74 Å². The van der Waals surface area contributed by atoms with Gasteiger partial charge < -0.3 is 15.4 Å². The zero-order valence-electron chi connectivity index (χ0n) is 15.0. The molecule has 0 saturated heterocycles. The Morgan fingerprint density at radius 1 is 1.11 bits per heavy atom. The van der Waals surface area contributed by atoms with E-state index >= 15 is 0 Å². The van der Waals surface area contributed by atoms with Crippen molar-refractivity contribution in [3.8, 4) is 0 Å². The number of carbonyl (C=O) groups is 1. The van der Waals surface area contributed by atoms with E-state index in [4.69, 9.17) is 16.3 Å². The first-order valence-corrected chi connectivity index (χ1v) is 8.83. The van der Waals surface area contributed by atoms with Gasteiger partial charge in [-0.15, -0.1) is 0 Å². The quantitative estimate of drug-likeness (QED) is 0.577. The molecule has 0 bridgehead atoms. The SMILES string of the molecule is CCOC(=O)c1ccc(Nc2nccc(Nc3cc(Cl)ccc3C)n2)cc1. The van der Waals surface area contributed by atoms with E-state index in [1.165, 1.54) is 0 Å². The molecule has 2 aromatic carbocycles. The number of hydrogen-bond donors (Lipinski definition) is 2. The summed E-state index contributed by atoms with van der Waals surface area (Å²) in [7, 11) is 0. The summed E-state index contributed by atoms with van der Waals surface area (Å²) in [4.78, 5) is 20.4. The summed E-state index contributed by atoms with van der Waals surface area (Å²) in [6, 6.07) is 14.3. The molecule has 0 amide bonds. The lowest BCUT2D eigenvalue weighted by molar-refractivity contribution is 0.0526. The van der Waals surface area contributed by atoms with Crippen LogP contribution >= 0.6 is 11.6 Å². The van der Waals surface area contributed by atoms with Crippen LogP contribution in [0, 0.1) is 6.92 Å². The molecule has 0 spiro atoms. The van der Waals surface area contributed by atoms with Crippen LogP contribution in [0.2, 0.25) is 5.02 Å². The first kappa shape index (κ1) is 18.7. The Morgan fingerprint density at radius 3 is 2.63 bits per heavy atom. The van der Waals surface area contributed by atoms with Gasteiger partial charge >= 0.3 is 5.97 Å². The fourth-order valence-corrected chi connectivity index (χ4v) is 2.56. The predicted octanol–water partition coefficient (Wildman–Crippen LogP) is 5.10. The number of nitrogens with zero attached hydrogens (tertiary/aromatic N) is 2. The number of rotatable bonds is 6. The third kappa shape index (κ3) is 4.95. The number of carbonyl (C=O) groups excluding carboxylic acids is 1. The number of esters is 1. The second kappa shape index (κ2) is 8.51. The highest BCUT2D eigenvalue weighted by Crippen LogP contribution is 2.24. The van der Waals surface area contributed by atoms with Crippen molar-refractivity contribution < 1.29 is 9.53 Å². The zero-order valence-corrected chi connectivity index (χ0v) is 15.7. The Bertz CT molecular complexity index is 945. The molecule has 0 radical (unpaired) electrons. The zero-order chi connectivity index (χ0) is 19.2. The lowest BCUT2D eigenvalue weighted by Crippen LogP contribution is -2.05. The molecule has 0 saturated carbocycles. The predicted molar refractivity (Wildman–Crippen MR) is 107 cm³/mol. The van der Waals surface area contributed by atoms with Crippen LogP contribution in [-0.4, -0.2) is 22.5 Å². The number of nitrogens with one attached hydrogen (secondary N) is 2. The van der Waals surface area contributed by atoms with Crippen molar-refractivity contribution in [3.63, 3.8) is 0 Å². The molecule has 0 aliphatic rings. The number of aryl methyl sites for hydroxylation is 1. The highest BCUT2D eigenvalue weighted by molar-refractivity contribution is 6.30. The molecule has 0 aliphatic carbocycles. The number of benzene rings is 2. The van der Waals surface area contributed by atoms with Gasteiger partial charge in [0.2, 0.25) is 5.95 Å². The van der Waals surface area contributed by atoms with E-state index in [0.29, 0.717) is 29.0 Å². The van der Waals surface area contributed by atoms with Crippen LogP contribution in [0.1, 0.15) is 22.8 Å². The lowest BCUT2D eigenvalue weighted by Gasteiger charge is -2.11. The van der Waals surface area contributed by atoms with Crippen LogP contribution in [0.25, 0.3) is 0 Å². The maximum atomic E-state index is 11.7. The fourth-order valence-electron chi connectivity index (χ4n) is 2.39. The van der Waals surface area contributed by atoms with Crippen LogP contribution < -0.4 is 10.6 Å². The van der Waals surface area contributed by atoms with E-state index in [0.717, 1.165) is 16.9 Å². The van der Waals surface area contributed by atoms with Crippen molar-refractivity contribution in [2.24, 2.45) is 0 Å².